The standard InChI is InChI=1S/C18H14ClN3.CO2/c1-11-7-13-9-14-16(17(13)20-10-11)18(19)22-15(21-14)8-12-5-3-2-4-6-12;2-1-3/h2-7,10H,8-9H2,1H3;. The SMILES string of the molecule is Cc1cnc2c(c1)Cc1nc(Cc3ccccc3)nc(Cl)c1-2.O=C=O. The number of hydrogen-bond acceptors (Lipinski definition) is 5. The second-order valence-corrected chi connectivity index (χ2v) is 6.05. The fourth-order valence-corrected chi connectivity index (χ4v) is 3.21. The maximum Gasteiger partial charge on any atom is 0.373 e. The summed E-state index contributed by atoms with van der Waals surface area (Å²) in [5.74, 6) is 0.763. The van der Waals surface area contributed by atoms with Crippen molar-refractivity contribution in [3.05, 3.63) is 76.0 Å². The first kappa shape index (κ1) is 17.0. The molecule has 3 aromatic rings. The molecule has 0 saturated heterocycles. The fourth-order valence-electron chi connectivity index (χ4n) is 2.91. The van der Waals surface area contributed by atoms with Gasteiger partial charge in [0, 0.05) is 19.0 Å². The molecule has 1 aromatic carbocycles. The number of nitrogens with zero attached hydrogens (tertiary/aromatic N) is 3. The number of rotatable bonds is 2. The Labute approximate surface area is 149 Å². The lowest BCUT2D eigenvalue weighted by Crippen LogP contribution is -2.01. The van der Waals surface area contributed by atoms with Gasteiger partial charge in [0.2, 0.25) is 0 Å². The molecule has 0 N–H and O–H groups in total. The zero-order valence-corrected chi connectivity index (χ0v) is 14.2. The minimum Gasteiger partial charge on any atom is -0.255 e. The molecule has 2 aromatic heterocycles. The van der Waals surface area contributed by atoms with Crippen molar-refractivity contribution in [3.63, 3.8) is 0 Å². The molecule has 25 heavy (non-hydrogen) atoms. The second kappa shape index (κ2) is 7.34. The minimum atomic E-state index is 0.250. The van der Waals surface area contributed by atoms with Crippen LogP contribution in [-0.2, 0) is 22.4 Å². The molecule has 0 atom stereocenters. The third-order valence-corrected chi connectivity index (χ3v) is 4.16. The van der Waals surface area contributed by atoms with Crippen LogP contribution in [0.15, 0.2) is 42.6 Å². The van der Waals surface area contributed by atoms with Crippen LogP contribution in [0.1, 0.15) is 28.2 Å². The Morgan fingerprint density at radius 3 is 2.60 bits per heavy atom. The predicted molar refractivity (Wildman–Crippen MR) is 92.1 cm³/mol. The first-order chi connectivity index (χ1) is 12.1. The van der Waals surface area contributed by atoms with Crippen LogP contribution in [0, 0.1) is 6.92 Å². The van der Waals surface area contributed by atoms with Crippen LogP contribution in [0.5, 0.6) is 0 Å². The summed E-state index contributed by atoms with van der Waals surface area (Å²) in [7, 11) is 0. The van der Waals surface area contributed by atoms with Gasteiger partial charge in [-0.05, 0) is 23.6 Å². The Balaban J connectivity index is 0.000000569. The molecule has 1 aliphatic carbocycles. The summed E-state index contributed by atoms with van der Waals surface area (Å²) < 4.78 is 0. The maximum atomic E-state index is 8.12. The number of aromatic nitrogens is 3. The normalized spacial score (nSPS) is 11.0. The van der Waals surface area contributed by atoms with Crippen LogP contribution < -0.4 is 0 Å². The van der Waals surface area contributed by atoms with Crippen molar-refractivity contribution in [1.29, 1.82) is 0 Å². The summed E-state index contributed by atoms with van der Waals surface area (Å²) in [5.41, 5.74) is 6.33. The van der Waals surface area contributed by atoms with Crippen molar-refractivity contribution in [2.45, 2.75) is 19.8 Å². The average molecular weight is 352 g/mol. The largest absolute Gasteiger partial charge is 0.373 e. The molecule has 124 valence electrons. The number of halogens is 1. The third kappa shape index (κ3) is 3.63. The van der Waals surface area contributed by atoms with E-state index in [1.165, 1.54) is 11.1 Å². The molecular formula is C19H14ClN3O2. The Kier molecular flexibility index (Phi) is 4.98. The van der Waals surface area contributed by atoms with Gasteiger partial charge in [-0.1, -0.05) is 48.0 Å². The predicted octanol–water partition coefficient (Wildman–Crippen LogP) is 3.41. The van der Waals surface area contributed by atoms with Crippen molar-refractivity contribution >= 4 is 17.8 Å². The van der Waals surface area contributed by atoms with Crippen molar-refractivity contribution in [2.75, 3.05) is 0 Å². The van der Waals surface area contributed by atoms with Crippen LogP contribution in [0.4, 0.5) is 0 Å². The Bertz CT molecular complexity index is 952. The molecule has 0 aliphatic heterocycles. The quantitative estimate of drug-likeness (QED) is 0.517. The highest BCUT2D eigenvalue weighted by Gasteiger charge is 2.25. The van der Waals surface area contributed by atoms with Crippen LogP contribution in [-0.4, -0.2) is 21.1 Å². The molecular weight excluding hydrogens is 338 g/mol. The molecule has 0 radical (unpaired) electrons. The maximum absolute atomic E-state index is 8.12. The van der Waals surface area contributed by atoms with E-state index in [4.69, 9.17) is 26.2 Å². The highest BCUT2D eigenvalue weighted by atomic mass is 35.5. The fraction of sp³-hybridized carbons (Fsp3) is 0.158. The summed E-state index contributed by atoms with van der Waals surface area (Å²) >= 11 is 6.42. The van der Waals surface area contributed by atoms with E-state index in [1.54, 1.807) is 0 Å². The molecule has 0 bridgehead atoms. The van der Waals surface area contributed by atoms with Crippen molar-refractivity contribution < 1.29 is 9.59 Å². The second-order valence-electron chi connectivity index (χ2n) is 5.70. The Morgan fingerprint density at radius 1 is 1.16 bits per heavy atom. The molecule has 0 amide bonds. The van der Waals surface area contributed by atoms with Gasteiger partial charge in [-0.3, -0.25) is 4.98 Å². The number of aryl methyl sites for hydroxylation is 1. The molecule has 6 heteroatoms. The van der Waals surface area contributed by atoms with E-state index in [0.717, 1.165) is 34.8 Å². The van der Waals surface area contributed by atoms with Gasteiger partial charge in [0.1, 0.15) is 11.0 Å². The zero-order valence-electron chi connectivity index (χ0n) is 13.5. The summed E-state index contributed by atoms with van der Waals surface area (Å²) in [6.45, 7) is 2.05. The van der Waals surface area contributed by atoms with Gasteiger partial charge in [0.25, 0.3) is 0 Å². The monoisotopic (exact) mass is 351 g/mol. The Hall–Kier alpha value is -2.88. The lowest BCUT2D eigenvalue weighted by molar-refractivity contribution is -0.191. The number of carbonyl (C=O) groups excluding carboxylic acids is 2. The summed E-state index contributed by atoms with van der Waals surface area (Å²) in [6.07, 6.45) is 3.59. The van der Waals surface area contributed by atoms with Gasteiger partial charge in [0.15, 0.2) is 0 Å². The van der Waals surface area contributed by atoms with E-state index in [2.05, 4.69) is 28.2 Å². The molecule has 2 heterocycles. The molecule has 0 saturated carbocycles. The van der Waals surface area contributed by atoms with Crippen LogP contribution in [0.3, 0.4) is 0 Å². The van der Waals surface area contributed by atoms with Gasteiger partial charge in [-0.2, -0.15) is 9.59 Å². The van der Waals surface area contributed by atoms with Crippen LogP contribution in [0.25, 0.3) is 11.3 Å². The number of pyridine rings is 1. The Morgan fingerprint density at radius 2 is 1.88 bits per heavy atom. The average Bonchev–Trinajstić information content (AvgIpc) is 2.94. The molecule has 4 rings (SSSR count). The molecule has 5 nitrogen and oxygen atoms in total. The van der Waals surface area contributed by atoms with Gasteiger partial charge in [0.05, 0.1) is 17.0 Å². The smallest absolute Gasteiger partial charge is 0.255 e. The zero-order chi connectivity index (χ0) is 17.8. The van der Waals surface area contributed by atoms with E-state index in [0.29, 0.717) is 11.6 Å². The minimum absolute atomic E-state index is 0.250. The van der Waals surface area contributed by atoms with E-state index in [-0.39, 0.29) is 6.15 Å². The topological polar surface area (TPSA) is 72.8 Å². The molecule has 0 spiro atoms. The summed E-state index contributed by atoms with van der Waals surface area (Å²) in [4.78, 5) is 30.0. The summed E-state index contributed by atoms with van der Waals surface area (Å²) in [6, 6.07) is 12.3. The molecule has 0 unspecified atom stereocenters. The van der Waals surface area contributed by atoms with Crippen LogP contribution in [0.2, 0.25) is 5.15 Å². The first-order valence-corrected chi connectivity index (χ1v) is 8.04. The van der Waals surface area contributed by atoms with Crippen molar-refractivity contribution in [3.8, 4) is 11.3 Å². The summed E-state index contributed by atoms with van der Waals surface area (Å²) in [5, 5.41) is 0.506. The van der Waals surface area contributed by atoms with Gasteiger partial charge < -0.3 is 0 Å². The van der Waals surface area contributed by atoms with Crippen molar-refractivity contribution in [2.24, 2.45) is 0 Å². The highest BCUT2D eigenvalue weighted by molar-refractivity contribution is 6.32. The lowest BCUT2D eigenvalue weighted by atomic mass is 10.1. The number of hydrogen-bond donors (Lipinski definition) is 0. The lowest BCUT2D eigenvalue weighted by Gasteiger charge is -2.06. The van der Waals surface area contributed by atoms with E-state index in [9.17, 15) is 0 Å². The van der Waals surface area contributed by atoms with Crippen LogP contribution >= 0.6 is 11.6 Å². The molecule has 1 aliphatic rings. The van der Waals surface area contributed by atoms with Gasteiger partial charge >= 0.3 is 6.15 Å². The number of fused-ring (bicyclic) bond motifs is 3. The number of benzene rings is 1. The first-order valence-electron chi connectivity index (χ1n) is 7.66. The molecule has 0 fully saturated rings. The van der Waals surface area contributed by atoms with E-state index in [1.807, 2.05) is 31.3 Å². The third-order valence-electron chi connectivity index (χ3n) is 3.89. The van der Waals surface area contributed by atoms with Crippen molar-refractivity contribution in [1.82, 2.24) is 15.0 Å². The van der Waals surface area contributed by atoms with Gasteiger partial charge in [-0.15, -0.1) is 0 Å². The van der Waals surface area contributed by atoms with E-state index < -0.39 is 0 Å². The van der Waals surface area contributed by atoms with E-state index >= 15 is 0 Å². The van der Waals surface area contributed by atoms with Gasteiger partial charge in [-0.25, -0.2) is 9.97 Å². The highest BCUT2D eigenvalue weighted by Crippen LogP contribution is 2.38.